The van der Waals surface area contributed by atoms with E-state index >= 15 is 0 Å². The van der Waals surface area contributed by atoms with Crippen molar-refractivity contribution in [2.24, 2.45) is 5.10 Å². The van der Waals surface area contributed by atoms with E-state index < -0.39 is 18.5 Å². The molecule has 170 valence electrons. The molecule has 3 aromatic carbocycles. The molecule has 1 heterocycles. The van der Waals surface area contributed by atoms with Gasteiger partial charge in [-0.15, -0.1) is 5.10 Å². The molecule has 1 aromatic heterocycles. The lowest BCUT2D eigenvalue weighted by molar-refractivity contribution is -0.148. The Morgan fingerprint density at radius 3 is 2.18 bits per heavy atom. The first-order valence-electron chi connectivity index (χ1n) is 10.6. The number of aromatic nitrogens is 3. The molecule has 0 bridgehead atoms. The quantitative estimate of drug-likeness (QED) is 0.248. The maximum absolute atomic E-state index is 12.4. The number of carbonyl (C=O) groups excluding carboxylic acids is 2. The van der Waals surface area contributed by atoms with Gasteiger partial charge >= 0.3 is 5.97 Å². The minimum Gasteiger partial charge on any atom is -0.455 e. The second-order valence-electron chi connectivity index (χ2n) is 7.27. The SMILES string of the molecule is O=C(COC(=O)CCn1nnc2ccccc2c1=O)NN=C(c1ccccc1)c1ccccc1. The number of hydrogen-bond acceptors (Lipinski definition) is 7. The van der Waals surface area contributed by atoms with Gasteiger partial charge in [-0.3, -0.25) is 14.4 Å². The van der Waals surface area contributed by atoms with Crippen molar-refractivity contribution >= 4 is 28.5 Å². The number of aryl methyl sites for hydroxylation is 1. The number of nitrogens with one attached hydrogen (secondary N) is 1. The number of fused-ring (bicyclic) bond motifs is 1. The van der Waals surface area contributed by atoms with Crippen LogP contribution < -0.4 is 11.0 Å². The third-order valence-corrected chi connectivity index (χ3v) is 4.91. The van der Waals surface area contributed by atoms with E-state index in [4.69, 9.17) is 4.74 Å². The zero-order valence-electron chi connectivity index (χ0n) is 18.1. The molecule has 0 atom stereocenters. The minimum atomic E-state index is -0.646. The van der Waals surface area contributed by atoms with Gasteiger partial charge in [-0.2, -0.15) is 5.10 Å². The zero-order valence-corrected chi connectivity index (χ0v) is 18.1. The average Bonchev–Trinajstić information content (AvgIpc) is 2.88. The predicted octanol–water partition coefficient (Wildman–Crippen LogP) is 2.29. The van der Waals surface area contributed by atoms with E-state index in [0.717, 1.165) is 15.8 Å². The van der Waals surface area contributed by atoms with Crippen molar-refractivity contribution in [1.29, 1.82) is 0 Å². The van der Waals surface area contributed by atoms with Crippen LogP contribution in [0, 0.1) is 0 Å². The summed E-state index contributed by atoms with van der Waals surface area (Å²) in [6.45, 7) is -0.515. The number of rotatable bonds is 8. The molecule has 0 aliphatic heterocycles. The largest absolute Gasteiger partial charge is 0.455 e. The monoisotopic (exact) mass is 455 g/mol. The van der Waals surface area contributed by atoms with Crippen LogP contribution >= 0.6 is 0 Å². The lowest BCUT2D eigenvalue weighted by Gasteiger charge is -2.08. The van der Waals surface area contributed by atoms with Crippen LogP contribution in [0.4, 0.5) is 0 Å². The first kappa shape index (κ1) is 22.5. The molecule has 1 N–H and O–H groups in total. The highest BCUT2D eigenvalue weighted by atomic mass is 16.5. The standard InChI is InChI=1S/C25H21N5O4/c31-22(27-28-24(18-9-3-1-4-10-18)19-11-5-2-6-12-19)17-34-23(32)15-16-30-25(33)20-13-7-8-14-21(20)26-29-30/h1-14H,15-17H2,(H,27,31). The van der Waals surface area contributed by atoms with Crippen molar-refractivity contribution in [2.45, 2.75) is 13.0 Å². The van der Waals surface area contributed by atoms with Crippen LogP contribution in [-0.2, 0) is 20.9 Å². The van der Waals surface area contributed by atoms with Crippen molar-refractivity contribution in [3.63, 3.8) is 0 Å². The van der Waals surface area contributed by atoms with Crippen molar-refractivity contribution in [3.05, 3.63) is 106 Å². The third kappa shape index (κ3) is 5.57. The zero-order chi connectivity index (χ0) is 23.8. The fourth-order valence-electron chi connectivity index (χ4n) is 3.22. The summed E-state index contributed by atoms with van der Waals surface area (Å²) in [5.41, 5.74) is 4.80. The molecule has 0 spiro atoms. The topological polar surface area (TPSA) is 116 Å². The molecule has 0 radical (unpaired) electrons. The van der Waals surface area contributed by atoms with Crippen molar-refractivity contribution < 1.29 is 14.3 Å². The van der Waals surface area contributed by atoms with Gasteiger partial charge in [0.2, 0.25) is 0 Å². The molecule has 0 saturated carbocycles. The number of esters is 1. The smallest absolute Gasteiger partial charge is 0.308 e. The van der Waals surface area contributed by atoms with Crippen LogP contribution in [-0.4, -0.2) is 39.2 Å². The Balaban J connectivity index is 1.33. The molecule has 9 heteroatoms. The van der Waals surface area contributed by atoms with E-state index in [9.17, 15) is 14.4 Å². The van der Waals surface area contributed by atoms with Gasteiger partial charge in [-0.05, 0) is 12.1 Å². The molecule has 0 fully saturated rings. The number of hydrogen-bond donors (Lipinski definition) is 1. The van der Waals surface area contributed by atoms with Crippen LogP contribution in [0.2, 0.25) is 0 Å². The molecular weight excluding hydrogens is 434 g/mol. The number of amides is 1. The summed E-state index contributed by atoms with van der Waals surface area (Å²) in [5.74, 6) is -1.23. The molecule has 9 nitrogen and oxygen atoms in total. The molecule has 0 unspecified atom stereocenters. The molecule has 0 aliphatic carbocycles. The maximum atomic E-state index is 12.4. The Kier molecular flexibility index (Phi) is 7.14. The Morgan fingerprint density at radius 1 is 0.882 bits per heavy atom. The Bertz CT molecular complexity index is 1340. The van der Waals surface area contributed by atoms with E-state index in [-0.39, 0.29) is 18.5 Å². The van der Waals surface area contributed by atoms with E-state index in [2.05, 4.69) is 20.8 Å². The van der Waals surface area contributed by atoms with Gasteiger partial charge in [0.1, 0.15) is 5.52 Å². The summed E-state index contributed by atoms with van der Waals surface area (Å²) in [6, 6.07) is 25.6. The van der Waals surface area contributed by atoms with Crippen molar-refractivity contribution in [2.75, 3.05) is 6.61 Å². The fraction of sp³-hybridized carbons (Fsp3) is 0.120. The van der Waals surface area contributed by atoms with Gasteiger partial charge in [0, 0.05) is 11.1 Å². The van der Waals surface area contributed by atoms with E-state index in [0.29, 0.717) is 16.6 Å². The Labute approximate surface area is 194 Å². The summed E-state index contributed by atoms with van der Waals surface area (Å²) < 4.78 is 6.11. The summed E-state index contributed by atoms with van der Waals surface area (Å²) in [5, 5.41) is 12.4. The summed E-state index contributed by atoms with van der Waals surface area (Å²) in [6.07, 6.45) is -0.136. The molecule has 34 heavy (non-hydrogen) atoms. The lowest BCUT2D eigenvalue weighted by atomic mass is 10.0. The molecule has 1 amide bonds. The highest BCUT2D eigenvalue weighted by Gasteiger charge is 2.12. The maximum Gasteiger partial charge on any atom is 0.308 e. The first-order valence-corrected chi connectivity index (χ1v) is 10.6. The van der Waals surface area contributed by atoms with E-state index in [1.807, 2.05) is 60.7 Å². The number of nitrogens with zero attached hydrogens (tertiary/aromatic N) is 4. The van der Waals surface area contributed by atoms with Crippen LogP contribution in [0.3, 0.4) is 0 Å². The molecule has 0 aliphatic rings. The molecular formula is C25H21N5O4. The van der Waals surface area contributed by atoms with Gasteiger partial charge < -0.3 is 4.74 Å². The van der Waals surface area contributed by atoms with Crippen LogP contribution in [0.5, 0.6) is 0 Å². The van der Waals surface area contributed by atoms with Gasteiger partial charge in [0.15, 0.2) is 6.61 Å². The molecule has 0 saturated heterocycles. The molecule has 4 rings (SSSR count). The van der Waals surface area contributed by atoms with Gasteiger partial charge in [-0.25, -0.2) is 10.1 Å². The highest BCUT2D eigenvalue weighted by molar-refractivity contribution is 6.13. The summed E-state index contributed by atoms with van der Waals surface area (Å²) in [4.78, 5) is 36.7. The summed E-state index contributed by atoms with van der Waals surface area (Å²) in [7, 11) is 0. The van der Waals surface area contributed by atoms with Crippen LogP contribution in [0.25, 0.3) is 10.9 Å². The number of hydrazone groups is 1. The Hall–Kier alpha value is -4.66. The Morgan fingerprint density at radius 2 is 1.50 bits per heavy atom. The van der Waals surface area contributed by atoms with Gasteiger partial charge in [0.05, 0.1) is 24.1 Å². The summed E-state index contributed by atoms with van der Waals surface area (Å²) >= 11 is 0. The van der Waals surface area contributed by atoms with Gasteiger partial charge in [-0.1, -0.05) is 78.0 Å². The fourth-order valence-corrected chi connectivity index (χ4v) is 3.22. The second-order valence-corrected chi connectivity index (χ2v) is 7.27. The third-order valence-electron chi connectivity index (χ3n) is 4.91. The van der Waals surface area contributed by atoms with Gasteiger partial charge in [0.25, 0.3) is 11.5 Å². The lowest BCUT2D eigenvalue weighted by Crippen LogP contribution is -2.28. The van der Waals surface area contributed by atoms with E-state index in [1.165, 1.54) is 0 Å². The van der Waals surface area contributed by atoms with Crippen molar-refractivity contribution in [1.82, 2.24) is 20.4 Å². The predicted molar refractivity (Wildman–Crippen MR) is 126 cm³/mol. The normalized spacial score (nSPS) is 10.5. The number of benzene rings is 3. The first-order chi connectivity index (χ1) is 16.6. The number of ether oxygens (including phenoxy) is 1. The van der Waals surface area contributed by atoms with E-state index in [1.54, 1.807) is 24.3 Å². The second kappa shape index (κ2) is 10.8. The van der Waals surface area contributed by atoms with Crippen LogP contribution in [0.15, 0.2) is 94.8 Å². The highest BCUT2D eigenvalue weighted by Crippen LogP contribution is 2.10. The molecule has 4 aromatic rings. The van der Waals surface area contributed by atoms with Crippen molar-refractivity contribution in [3.8, 4) is 0 Å². The average molecular weight is 455 g/mol. The number of carbonyl (C=O) groups is 2. The minimum absolute atomic E-state index is 0.0125. The van der Waals surface area contributed by atoms with Crippen LogP contribution in [0.1, 0.15) is 17.5 Å².